The second kappa shape index (κ2) is 5.40. The van der Waals surface area contributed by atoms with Crippen molar-refractivity contribution in [1.82, 2.24) is 14.8 Å². The second-order valence-electron chi connectivity index (χ2n) is 4.33. The van der Waals surface area contributed by atoms with Crippen LogP contribution in [-0.2, 0) is 6.54 Å². The Morgan fingerprint density at radius 2 is 2.22 bits per heavy atom. The quantitative estimate of drug-likeness (QED) is 0.861. The van der Waals surface area contributed by atoms with Gasteiger partial charge in [0.1, 0.15) is 5.15 Å². The monoisotopic (exact) mass is 264 g/mol. The fourth-order valence-corrected chi connectivity index (χ4v) is 1.85. The minimum Gasteiger partial charge on any atom is -0.377 e. The van der Waals surface area contributed by atoms with Crippen LogP contribution >= 0.6 is 11.6 Å². The molecule has 0 radical (unpaired) electrons. The van der Waals surface area contributed by atoms with Gasteiger partial charge in [0, 0.05) is 18.3 Å². The van der Waals surface area contributed by atoms with Gasteiger partial charge in [0.15, 0.2) is 0 Å². The standard InChI is InChI=1S/C13H17ClN4/c1-4-18-8-11(6-16-18)10(3)17-12-5-9(2)13(14)15-7-12/h5-8,10,17H,4H2,1-3H3. The molecule has 0 amide bonds. The summed E-state index contributed by atoms with van der Waals surface area (Å²) in [4.78, 5) is 4.13. The molecule has 0 aliphatic carbocycles. The Bertz CT molecular complexity index is 536. The molecule has 0 aliphatic rings. The van der Waals surface area contributed by atoms with Crippen LogP contribution in [0.4, 0.5) is 5.69 Å². The van der Waals surface area contributed by atoms with Crippen molar-refractivity contribution < 1.29 is 0 Å². The normalized spacial score (nSPS) is 12.4. The van der Waals surface area contributed by atoms with E-state index >= 15 is 0 Å². The van der Waals surface area contributed by atoms with Crippen LogP contribution < -0.4 is 5.32 Å². The number of nitrogens with one attached hydrogen (secondary N) is 1. The summed E-state index contributed by atoms with van der Waals surface area (Å²) in [6.45, 7) is 7.00. The Labute approximate surface area is 112 Å². The second-order valence-corrected chi connectivity index (χ2v) is 4.69. The molecule has 2 aromatic heterocycles. The fourth-order valence-electron chi connectivity index (χ4n) is 1.75. The minimum absolute atomic E-state index is 0.188. The van der Waals surface area contributed by atoms with Gasteiger partial charge in [-0.15, -0.1) is 0 Å². The number of aryl methyl sites for hydroxylation is 2. The molecule has 96 valence electrons. The molecule has 0 spiro atoms. The van der Waals surface area contributed by atoms with Gasteiger partial charge in [-0.25, -0.2) is 4.98 Å². The first kappa shape index (κ1) is 12.9. The molecule has 18 heavy (non-hydrogen) atoms. The van der Waals surface area contributed by atoms with Crippen molar-refractivity contribution in [3.63, 3.8) is 0 Å². The van der Waals surface area contributed by atoms with Crippen molar-refractivity contribution in [2.75, 3.05) is 5.32 Å². The Balaban J connectivity index is 2.10. The molecule has 0 saturated heterocycles. The largest absolute Gasteiger partial charge is 0.377 e. The van der Waals surface area contributed by atoms with Gasteiger partial charge < -0.3 is 5.32 Å². The third-order valence-corrected chi connectivity index (χ3v) is 3.27. The van der Waals surface area contributed by atoms with Gasteiger partial charge in [-0.3, -0.25) is 4.68 Å². The van der Waals surface area contributed by atoms with Gasteiger partial charge in [0.05, 0.1) is 24.1 Å². The average molecular weight is 265 g/mol. The van der Waals surface area contributed by atoms with Gasteiger partial charge in [-0.05, 0) is 32.4 Å². The first-order valence-corrected chi connectivity index (χ1v) is 6.39. The number of anilines is 1. The van der Waals surface area contributed by atoms with Crippen LogP contribution in [0, 0.1) is 6.92 Å². The van der Waals surface area contributed by atoms with Gasteiger partial charge >= 0.3 is 0 Å². The van der Waals surface area contributed by atoms with E-state index in [9.17, 15) is 0 Å². The van der Waals surface area contributed by atoms with Crippen LogP contribution in [0.5, 0.6) is 0 Å². The fraction of sp³-hybridized carbons (Fsp3) is 0.385. The van der Waals surface area contributed by atoms with Crippen LogP contribution in [0.1, 0.15) is 31.0 Å². The summed E-state index contributed by atoms with van der Waals surface area (Å²) in [5.74, 6) is 0. The molecule has 0 bridgehead atoms. The van der Waals surface area contributed by atoms with Gasteiger partial charge in [-0.1, -0.05) is 11.6 Å². The Hall–Kier alpha value is -1.55. The van der Waals surface area contributed by atoms with Gasteiger partial charge in [0.25, 0.3) is 0 Å². The molecular weight excluding hydrogens is 248 g/mol. The highest BCUT2D eigenvalue weighted by molar-refractivity contribution is 6.30. The molecule has 1 N–H and O–H groups in total. The molecule has 4 nitrogen and oxygen atoms in total. The Morgan fingerprint density at radius 1 is 1.44 bits per heavy atom. The SMILES string of the molecule is CCn1cc(C(C)Nc2cnc(Cl)c(C)c2)cn1. The lowest BCUT2D eigenvalue weighted by molar-refractivity contribution is 0.658. The number of rotatable bonds is 4. The van der Waals surface area contributed by atoms with Crippen LogP contribution in [0.25, 0.3) is 0 Å². The smallest absolute Gasteiger partial charge is 0.132 e. The molecule has 0 saturated carbocycles. The number of halogens is 1. The summed E-state index contributed by atoms with van der Waals surface area (Å²) in [6, 6.07) is 2.18. The van der Waals surface area contributed by atoms with E-state index < -0.39 is 0 Å². The molecule has 0 aliphatic heterocycles. The lowest BCUT2D eigenvalue weighted by Gasteiger charge is -2.14. The van der Waals surface area contributed by atoms with E-state index in [-0.39, 0.29) is 6.04 Å². The first-order valence-electron chi connectivity index (χ1n) is 6.01. The molecule has 2 heterocycles. The number of pyridine rings is 1. The minimum atomic E-state index is 0.188. The zero-order valence-corrected chi connectivity index (χ0v) is 11.6. The molecule has 0 fully saturated rings. The zero-order chi connectivity index (χ0) is 13.1. The van der Waals surface area contributed by atoms with Crippen molar-refractivity contribution in [3.05, 3.63) is 40.9 Å². The van der Waals surface area contributed by atoms with Crippen molar-refractivity contribution >= 4 is 17.3 Å². The summed E-state index contributed by atoms with van der Waals surface area (Å²) >= 11 is 5.90. The highest BCUT2D eigenvalue weighted by Gasteiger charge is 2.08. The van der Waals surface area contributed by atoms with Crippen molar-refractivity contribution in [3.8, 4) is 0 Å². The van der Waals surface area contributed by atoms with E-state index in [2.05, 4.69) is 29.2 Å². The highest BCUT2D eigenvalue weighted by atomic mass is 35.5. The third kappa shape index (κ3) is 2.82. The summed E-state index contributed by atoms with van der Waals surface area (Å²) in [6.07, 6.45) is 5.68. The van der Waals surface area contributed by atoms with E-state index in [1.807, 2.05) is 30.1 Å². The number of hydrogen-bond donors (Lipinski definition) is 1. The Morgan fingerprint density at radius 3 is 2.83 bits per heavy atom. The van der Waals surface area contributed by atoms with Crippen molar-refractivity contribution in [2.45, 2.75) is 33.4 Å². The summed E-state index contributed by atoms with van der Waals surface area (Å²) in [7, 11) is 0. The average Bonchev–Trinajstić information content (AvgIpc) is 2.82. The summed E-state index contributed by atoms with van der Waals surface area (Å²) < 4.78 is 1.92. The number of aromatic nitrogens is 3. The zero-order valence-electron chi connectivity index (χ0n) is 10.8. The van der Waals surface area contributed by atoms with Gasteiger partial charge in [-0.2, -0.15) is 5.10 Å². The summed E-state index contributed by atoms with van der Waals surface area (Å²) in [5.41, 5.74) is 3.09. The van der Waals surface area contributed by atoms with Gasteiger partial charge in [0.2, 0.25) is 0 Å². The lowest BCUT2D eigenvalue weighted by atomic mass is 10.2. The topological polar surface area (TPSA) is 42.7 Å². The highest BCUT2D eigenvalue weighted by Crippen LogP contribution is 2.21. The van der Waals surface area contributed by atoms with Crippen LogP contribution in [-0.4, -0.2) is 14.8 Å². The maximum absolute atomic E-state index is 5.90. The van der Waals surface area contributed by atoms with Crippen LogP contribution in [0.15, 0.2) is 24.7 Å². The molecule has 1 unspecified atom stereocenters. The van der Waals surface area contributed by atoms with E-state index in [0.717, 1.165) is 23.4 Å². The van der Waals surface area contributed by atoms with Crippen molar-refractivity contribution in [2.24, 2.45) is 0 Å². The van der Waals surface area contributed by atoms with E-state index in [4.69, 9.17) is 11.6 Å². The predicted molar refractivity (Wildman–Crippen MR) is 73.9 cm³/mol. The maximum Gasteiger partial charge on any atom is 0.132 e. The lowest BCUT2D eigenvalue weighted by Crippen LogP contribution is -2.06. The molecule has 5 heteroatoms. The molecule has 2 rings (SSSR count). The van der Waals surface area contributed by atoms with Crippen molar-refractivity contribution in [1.29, 1.82) is 0 Å². The third-order valence-electron chi connectivity index (χ3n) is 2.87. The molecule has 2 aromatic rings. The van der Waals surface area contributed by atoms with E-state index in [1.54, 1.807) is 6.20 Å². The molecule has 1 atom stereocenters. The molecular formula is C13H17ClN4. The predicted octanol–water partition coefficient (Wildman–Crippen LogP) is 3.43. The van der Waals surface area contributed by atoms with E-state index in [0.29, 0.717) is 5.15 Å². The number of nitrogens with zero attached hydrogens (tertiary/aromatic N) is 3. The van der Waals surface area contributed by atoms with Crippen LogP contribution in [0.3, 0.4) is 0 Å². The van der Waals surface area contributed by atoms with Crippen LogP contribution in [0.2, 0.25) is 5.15 Å². The maximum atomic E-state index is 5.90. The Kier molecular flexibility index (Phi) is 3.87. The number of hydrogen-bond acceptors (Lipinski definition) is 3. The first-order chi connectivity index (χ1) is 8.60. The van der Waals surface area contributed by atoms with E-state index in [1.165, 1.54) is 0 Å². The molecule has 0 aromatic carbocycles. The summed E-state index contributed by atoms with van der Waals surface area (Å²) in [5, 5.41) is 8.21.